The van der Waals surface area contributed by atoms with Gasteiger partial charge in [-0.3, -0.25) is 14.4 Å². The second-order valence-corrected chi connectivity index (χ2v) is 19.8. The number of carbonyl (C=O) groups excluding carboxylic acids is 3. The summed E-state index contributed by atoms with van der Waals surface area (Å²) in [6, 6.07) is 0. The summed E-state index contributed by atoms with van der Waals surface area (Å²) < 4.78 is 16.8. The second kappa shape index (κ2) is 46.4. The fraction of sp³-hybridized carbons (Fsp3) is 0.945. The van der Waals surface area contributed by atoms with Crippen LogP contribution in [0.4, 0.5) is 0 Å². The first-order valence-electron chi connectivity index (χ1n) is 27.2. The summed E-state index contributed by atoms with van der Waals surface area (Å²) in [5, 5.41) is 0. The number of hydrogen-bond donors (Lipinski definition) is 0. The normalized spacial score (nSPS) is 13.0. The van der Waals surface area contributed by atoms with E-state index in [1.807, 2.05) is 0 Å². The lowest BCUT2D eigenvalue weighted by atomic mass is 9.99. The van der Waals surface area contributed by atoms with Gasteiger partial charge < -0.3 is 14.2 Å². The van der Waals surface area contributed by atoms with Gasteiger partial charge in [0.15, 0.2) is 6.10 Å². The third-order valence-corrected chi connectivity index (χ3v) is 13.1. The molecule has 0 heterocycles. The average molecular weight is 863 g/mol. The maximum absolute atomic E-state index is 12.8. The van der Waals surface area contributed by atoms with Crippen LogP contribution < -0.4 is 0 Å². The second-order valence-electron chi connectivity index (χ2n) is 19.8. The lowest BCUT2D eigenvalue weighted by Crippen LogP contribution is -2.30. The summed E-state index contributed by atoms with van der Waals surface area (Å²) in [5.74, 6) is 1.71. The molecule has 2 unspecified atom stereocenters. The molecule has 61 heavy (non-hydrogen) atoms. The largest absolute Gasteiger partial charge is 0.462 e. The molecule has 0 saturated carbocycles. The summed E-state index contributed by atoms with van der Waals surface area (Å²) in [5.41, 5.74) is 0. The maximum atomic E-state index is 12.8. The van der Waals surface area contributed by atoms with Gasteiger partial charge in [0.25, 0.3) is 0 Å². The Labute approximate surface area is 380 Å². The van der Waals surface area contributed by atoms with Gasteiger partial charge in [-0.05, 0) is 37.0 Å². The first-order valence-corrected chi connectivity index (χ1v) is 27.2. The molecular weight excluding hydrogens is 757 g/mol. The Kier molecular flexibility index (Phi) is 45.2. The molecule has 0 saturated heterocycles. The minimum Gasteiger partial charge on any atom is -0.462 e. The van der Waals surface area contributed by atoms with Crippen molar-refractivity contribution in [3.05, 3.63) is 0 Å². The third kappa shape index (κ3) is 46.2. The van der Waals surface area contributed by atoms with E-state index in [0.717, 1.165) is 75.5 Å². The number of esters is 3. The zero-order valence-electron chi connectivity index (χ0n) is 42.0. The predicted molar refractivity (Wildman–Crippen MR) is 261 cm³/mol. The van der Waals surface area contributed by atoms with E-state index in [-0.39, 0.29) is 31.1 Å². The standard InChI is InChI=1S/C55H106O6/c1-7-50(5)42-36-30-24-18-13-11-9-10-12-14-20-28-34-40-46-55(58)61-52(48-60-54(57)45-39-33-27-22-21-25-31-37-43-51(6)8-2)47-59-53(56)44-38-32-26-19-16-15-17-23-29-35-41-49(3)4/h49-52H,7-48H2,1-6H3/t50?,51?,52-/m0/s1. The van der Waals surface area contributed by atoms with Crippen LogP contribution in [0.25, 0.3) is 0 Å². The molecular formula is C55H106O6. The van der Waals surface area contributed by atoms with E-state index in [1.54, 1.807) is 0 Å². The van der Waals surface area contributed by atoms with E-state index in [0.29, 0.717) is 19.3 Å². The molecule has 0 aromatic carbocycles. The summed E-state index contributed by atoms with van der Waals surface area (Å²) in [4.78, 5) is 38.0. The van der Waals surface area contributed by atoms with Gasteiger partial charge in [0.1, 0.15) is 13.2 Å². The Bertz CT molecular complexity index is 949. The summed E-state index contributed by atoms with van der Waals surface area (Å²) >= 11 is 0. The molecule has 0 amide bonds. The first-order chi connectivity index (χ1) is 29.7. The molecule has 0 radical (unpaired) electrons. The average Bonchev–Trinajstić information content (AvgIpc) is 3.24. The summed E-state index contributed by atoms with van der Waals surface area (Å²) in [7, 11) is 0. The van der Waals surface area contributed by atoms with Gasteiger partial charge in [-0.2, -0.15) is 0 Å². The lowest BCUT2D eigenvalue weighted by Gasteiger charge is -2.18. The zero-order chi connectivity index (χ0) is 44.9. The quantitative estimate of drug-likeness (QED) is 0.0344. The highest BCUT2D eigenvalue weighted by Gasteiger charge is 2.19. The van der Waals surface area contributed by atoms with Gasteiger partial charge in [0, 0.05) is 19.3 Å². The zero-order valence-corrected chi connectivity index (χ0v) is 42.0. The molecule has 0 spiro atoms. The van der Waals surface area contributed by atoms with Crippen molar-refractivity contribution >= 4 is 17.9 Å². The molecule has 0 aliphatic carbocycles. The van der Waals surface area contributed by atoms with Crippen LogP contribution in [0.1, 0.15) is 298 Å². The highest BCUT2D eigenvalue weighted by Crippen LogP contribution is 2.19. The third-order valence-electron chi connectivity index (χ3n) is 13.1. The topological polar surface area (TPSA) is 78.9 Å². The van der Waals surface area contributed by atoms with Crippen molar-refractivity contribution in [1.29, 1.82) is 0 Å². The monoisotopic (exact) mass is 863 g/mol. The molecule has 0 fully saturated rings. The van der Waals surface area contributed by atoms with Crippen LogP contribution in [0.2, 0.25) is 0 Å². The van der Waals surface area contributed by atoms with Gasteiger partial charge in [-0.25, -0.2) is 0 Å². The highest BCUT2D eigenvalue weighted by atomic mass is 16.6. The van der Waals surface area contributed by atoms with Crippen LogP contribution >= 0.6 is 0 Å². The van der Waals surface area contributed by atoms with Crippen molar-refractivity contribution in [3.63, 3.8) is 0 Å². The number of hydrogen-bond acceptors (Lipinski definition) is 6. The number of unbranched alkanes of at least 4 members (excludes halogenated alkanes) is 29. The molecule has 0 aromatic rings. The smallest absolute Gasteiger partial charge is 0.306 e. The van der Waals surface area contributed by atoms with Gasteiger partial charge in [-0.1, -0.05) is 260 Å². The molecule has 0 N–H and O–H groups in total. The van der Waals surface area contributed by atoms with Crippen molar-refractivity contribution in [2.24, 2.45) is 17.8 Å². The fourth-order valence-electron chi connectivity index (χ4n) is 8.23. The van der Waals surface area contributed by atoms with Crippen molar-refractivity contribution in [3.8, 4) is 0 Å². The summed E-state index contributed by atoms with van der Waals surface area (Å²) in [6.07, 6.45) is 46.5. The first kappa shape index (κ1) is 59.4. The Morgan fingerprint density at radius 1 is 0.328 bits per heavy atom. The van der Waals surface area contributed by atoms with Gasteiger partial charge in [0.2, 0.25) is 0 Å². The summed E-state index contributed by atoms with van der Waals surface area (Å²) in [6.45, 7) is 13.8. The molecule has 0 aliphatic rings. The van der Waals surface area contributed by atoms with Crippen LogP contribution in [0.3, 0.4) is 0 Å². The number of ether oxygens (including phenoxy) is 3. The van der Waals surface area contributed by atoms with Gasteiger partial charge in [0.05, 0.1) is 0 Å². The highest BCUT2D eigenvalue weighted by molar-refractivity contribution is 5.71. The van der Waals surface area contributed by atoms with E-state index in [4.69, 9.17) is 14.2 Å². The Balaban J connectivity index is 4.31. The Morgan fingerprint density at radius 2 is 0.574 bits per heavy atom. The number of carbonyl (C=O) groups is 3. The maximum Gasteiger partial charge on any atom is 0.306 e. The van der Waals surface area contributed by atoms with Crippen LogP contribution in [-0.4, -0.2) is 37.2 Å². The van der Waals surface area contributed by atoms with Gasteiger partial charge in [-0.15, -0.1) is 0 Å². The molecule has 0 bridgehead atoms. The van der Waals surface area contributed by atoms with E-state index >= 15 is 0 Å². The Morgan fingerprint density at radius 3 is 0.852 bits per heavy atom. The fourth-order valence-corrected chi connectivity index (χ4v) is 8.23. The van der Waals surface area contributed by atoms with E-state index in [1.165, 1.54) is 180 Å². The van der Waals surface area contributed by atoms with Crippen molar-refractivity contribution in [2.75, 3.05) is 13.2 Å². The molecule has 3 atom stereocenters. The SMILES string of the molecule is CCC(C)CCCCCCCCCCCCCCCCC(=O)O[C@@H](COC(=O)CCCCCCCCCCCCC(C)C)COC(=O)CCCCCCCCCCC(C)CC. The lowest BCUT2D eigenvalue weighted by molar-refractivity contribution is -0.167. The van der Waals surface area contributed by atoms with Crippen LogP contribution in [-0.2, 0) is 28.6 Å². The van der Waals surface area contributed by atoms with E-state index in [2.05, 4.69) is 41.5 Å². The predicted octanol–water partition coefficient (Wildman–Crippen LogP) is 17.6. The van der Waals surface area contributed by atoms with Crippen LogP contribution in [0.15, 0.2) is 0 Å². The molecule has 362 valence electrons. The van der Waals surface area contributed by atoms with Gasteiger partial charge >= 0.3 is 17.9 Å². The molecule has 0 aromatic heterocycles. The van der Waals surface area contributed by atoms with Crippen LogP contribution in [0, 0.1) is 17.8 Å². The minimum atomic E-state index is -0.763. The minimum absolute atomic E-state index is 0.0647. The van der Waals surface area contributed by atoms with E-state index < -0.39 is 6.10 Å². The molecule has 6 nitrogen and oxygen atoms in total. The Hall–Kier alpha value is -1.59. The number of rotatable bonds is 48. The van der Waals surface area contributed by atoms with E-state index in [9.17, 15) is 14.4 Å². The van der Waals surface area contributed by atoms with Crippen molar-refractivity contribution in [1.82, 2.24) is 0 Å². The van der Waals surface area contributed by atoms with Crippen LogP contribution in [0.5, 0.6) is 0 Å². The molecule has 0 aliphatic heterocycles. The van der Waals surface area contributed by atoms with Crippen molar-refractivity contribution in [2.45, 2.75) is 304 Å². The van der Waals surface area contributed by atoms with Crippen molar-refractivity contribution < 1.29 is 28.6 Å². The molecule has 6 heteroatoms. The molecule has 0 rings (SSSR count).